The van der Waals surface area contributed by atoms with Gasteiger partial charge in [-0.25, -0.2) is 4.39 Å². The molecule has 1 saturated carbocycles. The molecular weight excluding hydrogens is 349 g/mol. The van der Waals surface area contributed by atoms with Gasteiger partial charge in [-0.1, -0.05) is 6.07 Å². The van der Waals surface area contributed by atoms with Crippen LogP contribution >= 0.6 is 0 Å². The second-order valence-corrected chi connectivity index (χ2v) is 6.89. The standard InChI is InChI=1S/C21H22FNO4/c22-15-4-7-17(8-5-15)27-18-3-1-2-14(12-18)21(24)23-16-6-9-19-20(13-16)26-11-10-25-19/h1-5,7-8,12,16,19-20H,6,9-11,13H2,(H,23,24). The number of benzene rings is 2. The van der Waals surface area contributed by atoms with Gasteiger partial charge in [-0.15, -0.1) is 0 Å². The molecule has 0 radical (unpaired) electrons. The maximum atomic E-state index is 13.0. The van der Waals surface area contributed by atoms with Crippen LogP contribution < -0.4 is 10.1 Å². The topological polar surface area (TPSA) is 56.8 Å². The van der Waals surface area contributed by atoms with E-state index >= 15 is 0 Å². The molecule has 5 nitrogen and oxygen atoms in total. The lowest BCUT2D eigenvalue weighted by Gasteiger charge is -2.39. The summed E-state index contributed by atoms with van der Waals surface area (Å²) < 4.78 is 30.2. The van der Waals surface area contributed by atoms with Gasteiger partial charge in [0.1, 0.15) is 17.3 Å². The highest BCUT2D eigenvalue weighted by atomic mass is 19.1. The van der Waals surface area contributed by atoms with Crippen molar-refractivity contribution >= 4 is 5.91 Å². The van der Waals surface area contributed by atoms with Crippen LogP contribution in [0.4, 0.5) is 4.39 Å². The molecule has 0 bridgehead atoms. The van der Waals surface area contributed by atoms with E-state index < -0.39 is 0 Å². The molecule has 1 aliphatic heterocycles. The summed E-state index contributed by atoms with van der Waals surface area (Å²) in [6.45, 7) is 1.27. The third-order valence-corrected chi connectivity index (χ3v) is 4.96. The first-order valence-corrected chi connectivity index (χ1v) is 9.25. The predicted molar refractivity (Wildman–Crippen MR) is 97.5 cm³/mol. The van der Waals surface area contributed by atoms with Gasteiger partial charge in [-0.2, -0.15) is 0 Å². The van der Waals surface area contributed by atoms with Crippen LogP contribution in [0.5, 0.6) is 11.5 Å². The van der Waals surface area contributed by atoms with Crippen LogP contribution in [0.3, 0.4) is 0 Å². The number of ether oxygens (including phenoxy) is 3. The van der Waals surface area contributed by atoms with Crippen molar-refractivity contribution in [3.63, 3.8) is 0 Å². The Bertz CT molecular complexity index is 795. The molecule has 1 heterocycles. The zero-order chi connectivity index (χ0) is 18.6. The average molecular weight is 371 g/mol. The maximum absolute atomic E-state index is 13.0. The average Bonchev–Trinajstić information content (AvgIpc) is 2.70. The van der Waals surface area contributed by atoms with E-state index in [1.54, 1.807) is 36.4 Å². The molecule has 2 fully saturated rings. The summed E-state index contributed by atoms with van der Waals surface area (Å²) in [7, 11) is 0. The summed E-state index contributed by atoms with van der Waals surface area (Å²) >= 11 is 0. The SMILES string of the molecule is O=C(NC1CCC2OCCOC2C1)c1cccc(Oc2ccc(F)cc2)c1. The number of hydrogen-bond donors (Lipinski definition) is 1. The van der Waals surface area contributed by atoms with E-state index in [2.05, 4.69) is 5.32 Å². The summed E-state index contributed by atoms with van der Waals surface area (Å²) in [5.74, 6) is 0.584. The fraction of sp³-hybridized carbons (Fsp3) is 0.381. The van der Waals surface area contributed by atoms with Crippen LogP contribution in [0, 0.1) is 5.82 Å². The van der Waals surface area contributed by atoms with E-state index in [4.69, 9.17) is 14.2 Å². The Kier molecular flexibility index (Phi) is 5.36. The first kappa shape index (κ1) is 17.9. The predicted octanol–water partition coefficient (Wildman–Crippen LogP) is 3.68. The Morgan fingerprint density at radius 3 is 2.59 bits per heavy atom. The molecule has 1 amide bonds. The molecule has 2 aromatic carbocycles. The minimum absolute atomic E-state index is 0.0611. The molecule has 4 rings (SSSR count). The van der Waals surface area contributed by atoms with Crippen molar-refractivity contribution in [1.82, 2.24) is 5.32 Å². The van der Waals surface area contributed by atoms with E-state index in [1.807, 2.05) is 0 Å². The molecule has 1 aliphatic carbocycles. The lowest BCUT2D eigenvalue weighted by Crippen LogP contribution is -2.49. The Morgan fingerprint density at radius 1 is 1.00 bits per heavy atom. The van der Waals surface area contributed by atoms with Crippen molar-refractivity contribution in [2.24, 2.45) is 0 Å². The number of halogens is 1. The zero-order valence-electron chi connectivity index (χ0n) is 14.9. The zero-order valence-corrected chi connectivity index (χ0v) is 14.9. The highest BCUT2D eigenvalue weighted by Crippen LogP contribution is 2.27. The number of nitrogens with one attached hydrogen (secondary N) is 1. The second kappa shape index (κ2) is 8.06. The molecule has 1 N–H and O–H groups in total. The molecule has 2 aromatic rings. The largest absolute Gasteiger partial charge is 0.457 e. The molecule has 1 saturated heterocycles. The molecule has 2 aliphatic rings. The number of fused-ring (bicyclic) bond motifs is 1. The number of carbonyl (C=O) groups excluding carboxylic acids is 1. The third kappa shape index (κ3) is 4.46. The fourth-order valence-electron chi connectivity index (χ4n) is 3.61. The fourth-order valence-corrected chi connectivity index (χ4v) is 3.61. The highest BCUT2D eigenvalue weighted by Gasteiger charge is 2.34. The van der Waals surface area contributed by atoms with E-state index in [9.17, 15) is 9.18 Å². The van der Waals surface area contributed by atoms with E-state index in [0.717, 1.165) is 19.3 Å². The van der Waals surface area contributed by atoms with Crippen LogP contribution in [-0.4, -0.2) is 37.4 Å². The van der Waals surface area contributed by atoms with E-state index in [-0.39, 0.29) is 30.0 Å². The van der Waals surface area contributed by atoms with Crippen molar-refractivity contribution in [2.45, 2.75) is 37.5 Å². The monoisotopic (exact) mass is 371 g/mol. The molecule has 0 spiro atoms. The number of amides is 1. The molecule has 142 valence electrons. The van der Waals surface area contributed by atoms with E-state index in [1.165, 1.54) is 12.1 Å². The molecular formula is C21H22FNO4. The Labute approximate surface area is 157 Å². The minimum Gasteiger partial charge on any atom is -0.457 e. The number of hydrogen-bond acceptors (Lipinski definition) is 4. The summed E-state index contributed by atoms with van der Waals surface area (Å²) in [4.78, 5) is 12.6. The van der Waals surface area contributed by atoms with Gasteiger partial charge in [-0.05, 0) is 61.7 Å². The summed E-state index contributed by atoms with van der Waals surface area (Å²) in [6.07, 6.45) is 2.75. The number of rotatable bonds is 4. The van der Waals surface area contributed by atoms with Crippen molar-refractivity contribution in [2.75, 3.05) is 13.2 Å². The van der Waals surface area contributed by atoms with Gasteiger partial charge < -0.3 is 19.5 Å². The van der Waals surface area contributed by atoms with Gasteiger partial charge in [0.25, 0.3) is 5.91 Å². The minimum atomic E-state index is -0.322. The van der Waals surface area contributed by atoms with Crippen LogP contribution in [0.1, 0.15) is 29.6 Å². The molecule has 6 heteroatoms. The third-order valence-electron chi connectivity index (χ3n) is 4.96. The van der Waals surface area contributed by atoms with Gasteiger partial charge in [0.05, 0.1) is 25.4 Å². The van der Waals surface area contributed by atoms with Crippen molar-refractivity contribution in [3.05, 3.63) is 59.9 Å². The highest BCUT2D eigenvalue weighted by molar-refractivity contribution is 5.94. The van der Waals surface area contributed by atoms with Crippen molar-refractivity contribution in [1.29, 1.82) is 0 Å². The van der Waals surface area contributed by atoms with Gasteiger partial charge in [0, 0.05) is 11.6 Å². The first-order chi connectivity index (χ1) is 13.2. The van der Waals surface area contributed by atoms with Gasteiger partial charge >= 0.3 is 0 Å². The normalized spacial score (nSPS) is 24.7. The van der Waals surface area contributed by atoms with Crippen molar-refractivity contribution in [3.8, 4) is 11.5 Å². The lowest BCUT2D eigenvalue weighted by molar-refractivity contribution is -0.157. The van der Waals surface area contributed by atoms with Crippen LogP contribution in [0.25, 0.3) is 0 Å². The van der Waals surface area contributed by atoms with Gasteiger partial charge in [0.15, 0.2) is 0 Å². The molecule has 0 aromatic heterocycles. The van der Waals surface area contributed by atoms with Gasteiger partial charge in [0.2, 0.25) is 0 Å². The van der Waals surface area contributed by atoms with Crippen LogP contribution in [0.2, 0.25) is 0 Å². The summed E-state index contributed by atoms with van der Waals surface area (Å²) in [5.41, 5.74) is 0.526. The maximum Gasteiger partial charge on any atom is 0.251 e. The summed E-state index contributed by atoms with van der Waals surface area (Å²) in [6, 6.07) is 12.8. The van der Waals surface area contributed by atoms with E-state index in [0.29, 0.717) is 30.3 Å². The smallest absolute Gasteiger partial charge is 0.251 e. The quantitative estimate of drug-likeness (QED) is 0.891. The summed E-state index contributed by atoms with van der Waals surface area (Å²) in [5, 5.41) is 3.09. The molecule has 3 atom stereocenters. The first-order valence-electron chi connectivity index (χ1n) is 9.25. The van der Waals surface area contributed by atoms with Crippen LogP contribution in [0.15, 0.2) is 48.5 Å². The second-order valence-electron chi connectivity index (χ2n) is 6.89. The lowest BCUT2D eigenvalue weighted by atomic mass is 9.89. The molecule has 27 heavy (non-hydrogen) atoms. The number of carbonyl (C=O) groups is 1. The Hall–Kier alpha value is -2.44. The van der Waals surface area contributed by atoms with Crippen LogP contribution in [-0.2, 0) is 9.47 Å². The molecule has 3 unspecified atom stereocenters. The Morgan fingerprint density at radius 2 is 1.78 bits per heavy atom. The van der Waals surface area contributed by atoms with Gasteiger partial charge in [-0.3, -0.25) is 4.79 Å². The Balaban J connectivity index is 1.38. The van der Waals surface area contributed by atoms with Crippen molar-refractivity contribution < 1.29 is 23.4 Å².